The van der Waals surface area contributed by atoms with E-state index in [1.54, 1.807) is 81.1 Å². The van der Waals surface area contributed by atoms with Crippen LogP contribution in [0.2, 0.25) is 0 Å². The van der Waals surface area contributed by atoms with Crippen LogP contribution >= 0.6 is 0 Å². The summed E-state index contributed by atoms with van der Waals surface area (Å²) in [5.74, 6) is 0.419. The standard InChI is InChI=1S/C46H58N20O4/c1-4-10-31(42(69)57-26-46(2,3)70)58-38-35-29(13-8-20-51-35)62-44(65-38)54-22-15-32(40(67)53-24-17-47)60-39-36-30(14-9-21-52-36)63-45(66-39)55-23-16-33(41(68)56-25-27-11-5-6-18-49-27)59-37-34-28(12-7-19-50-34)61-43(48)64-37/h5-9,11-14,18-21,31-33,70H,4,10,15-17,22-26,47H2,1-3H3,(H,53,67)(H,56,68)(H,57,69)(H3,48,59,61,64)(H2,54,58,62,65)(H2,55,60,63,66)/t31-,32-,33-/m0/s1. The van der Waals surface area contributed by atoms with Gasteiger partial charge >= 0.3 is 0 Å². The van der Waals surface area contributed by atoms with Gasteiger partial charge < -0.3 is 59.1 Å². The van der Waals surface area contributed by atoms with Crippen molar-refractivity contribution < 1.29 is 19.5 Å². The lowest BCUT2D eigenvalue weighted by Crippen LogP contribution is -2.45. The van der Waals surface area contributed by atoms with Gasteiger partial charge in [-0.15, -0.1) is 0 Å². The topological polar surface area (TPSA) is 349 Å². The Kier molecular flexibility index (Phi) is 16.8. The molecule has 7 aromatic heterocycles. The van der Waals surface area contributed by atoms with Gasteiger partial charge in [0.2, 0.25) is 35.6 Å². The van der Waals surface area contributed by atoms with Crippen LogP contribution in [0.5, 0.6) is 0 Å². The maximum atomic E-state index is 13.8. The number of nitrogens with two attached hydrogens (primary N) is 2. The van der Waals surface area contributed by atoms with Gasteiger partial charge in [0.1, 0.15) is 34.7 Å². The van der Waals surface area contributed by atoms with E-state index in [-0.39, 0.29) is 93.5 Å². The van der Waals surface area contributed by atoms with Gasteiger partial charge in [0.15, 0.2) is 17.5 Å². The molecule has 0 unspecified atom stereocenters. The van der Waals surface area contributed by atoms with Crippen molar-refractivity contribution in [1.82, 2.24) is 65.8 Å². The smallest absolute Gasteiger partial charge is 0.242 e. The third kappa shape index (κ3) is 13.7. The summed E-state index contributed by atoms with van der Waals surface area (Å²) in [6, 6.07) is 13.6. The average Bonchev–Trinajstić information content (AvgIpc) is 3.35. The number of hydrogen-bond donors (Lipinski definition) is 11. The Morgan fingerprint density at radius 3 is 1.57 bits per heavy atom. The summed E-state index contributed by atoms with van der Waals surface area (Å²) in [6.45, 7) is 6.34. The van der Waals surface area contributed by atoms with Crippen LogP contribution in [0.25, 0.3) is 33.1 Å². The lowest BCUT2D eigenvalue weighted by atomic mass is 10.1. The van der Waals surface area contributed by atoms with E-state index in [0.29, 0.717) is 63.3 Å². The van der Waals surface area contributed by atoms with Crippen molar-refractivity contribution >= 4 is 86.1 Å². The minimum atomic E-state index is -1.09. The molecule has 24 nitrogen and oxygen atoms in total. The van der Waals surface area contributed by atoms with Crippen LogP contribution < -0.4 is 54.0 Å². The summed E-state index contributed by atoms with van der Waals surface area (Å²) in [7, 11) is 0. The molecule has 3 atom stereocenters. The Hall–Kier alpha value is -8.25. The normalized spacial score (nSPS) is 12.7. The Balaban J connectivity index is 1.08. The predicted molar refractivity (Wildman–Crippen MR) is 267 cm³/mol. The molecule has 0 aliphatic rings. The van der Waals surface area contributed by atoms with E-state index in [1.165, 1.54) is 0 Å². The molecule has 0 bridgehead atoms. The molecule has 0 spiro atoms. The number of nitrogen functional groups attached to an aromatic ring is 1. The molecular weight excluding hydrogens is 897 g/mol. The summed E-state index contributed by atoms with van der Waals surface area (Å²) in [5, 5.41) is 35.1. The van der Waals surface area contributed by atoms with Crippen molar-refractivity contribution in [2.75, 3.05) is 65.0 Å². The molecule has 0 radical (unpaired) electrons. The third-order valence-electron chi connectivity index (χ3n) is 10.6. The Morgan fingerprint density at radius 1 is 0.586 bits per heavy atom. The van der Waals surface area contributed by atoms with E-state index in [2.05, 4.69) is 77.4 Å². The van der Waals surface area contributed by atoms with Gasteiger partial charge in [-0.05, 0) is 81.6 Å². The first-order valence-corrected chi connectivity index (χ1v) is 22.9. The van der Waals surface area contributed by atoms with Gasteiger partial charge in [-0.2, -0.15) is 15.0 Å². The first-order chi connectivity index (χ1) is 33.9. The molecule has 24 heteroatoms. The van der Waals surface area contributed by atoms with Gasteiger partial charge in [-0.3, -0.25) is 34.3 Å². The Morgan fingerprint density at radius 2 is 1.07 bits per heavy atom. The number of aromatic nitrogens is 10. The molecule has 0 aromatic carbocycles. The summed E-state index contributed by atoms with van der Waals surface area (Å²) >= 11 is 0. The predicted octanol–water partition coefficient (Wildman–Crippen LogP) is 2.10. The molecule has 13 N–H and O–H groups in total. The molecule has 0 aliphatic heterocycles. The van der Waals surface area contributed by atoms with Crippen molar-refractivity contribution in [2.24, 2.45) is 5.73 Å². The fraction of sp³-hybridized carbons (Fsp3) is 0.370. The quantitative estimate of drug-likeness (QED) is 0.0391. The first kappa shape index (κ1) is 49.6. The minimum absolute atomic E-state index is 0.0161. The highest BCUT2D eigenvalue weighted by molar-refractivity contribution is 5.93. The van der Waals surface area contributed by atoms with E-state index in [1.807, 2.05) is 19.1 Å². The molecule has 366 valence electrons. The molecule has 7 heterocycles. The van der Waals surface area contributed by atoms with E-state index in [4.69, 9.17) is 26.4 Å². The maximum Gasteiger partial charge on any atom is 0.242 e. The summed E-state index contributed by atoms with van der Waals surface area (Å²) in [5.41, 5.74) is 14.3. The molecule has 7 rings (SSSR count). The SMILES string of the molecule is CCC[C@H](Nc1nc(NCC[C@H](Nc2nc(NCC[C@H](Nc3nc(N)nc4cccnc34)C(=O)NCc3ccccn3)nc3cccnc23)C(=O)NCCN)nc2cccnc12)C(=O)NCC(C)(C)O. The van der Waals surface area contributed by atoms with Crippen LogP contribution in [0.3, 0.4) is 0 Å². The number of nitrogens with one attached hydrogen (secondary N) is 8. The maximum absolute atomic E-state index is 13.8. The lowest BCUT2D eigenvalue weighted by Gasteiger charge is -2.23. The molecule has 0 fully saturated rings. The van der Waals surface area contributed by atoms with Crippen LogP contribution in [0.15, 0.2) is 79.4 Å². The van der Waals surface area contributed by atoms with Gasteiger partial charge in [-0.25, -0.2) is 15.0 Å². The molecule has 7 aromatic rings. The van der Waals surface area contributed by atoms with Gasteiger partial charge in [0.05, 0.1) is 34.4 Å². The fourth-order valence-corrected chi connectivity index (χ4v) is 7.18. The third-order valence-corrected chi connectivity index (χ3v) is 10.6. The van der Waals surface area contributed by atoms with Crippen molar-refractivity contribution in [1.29, 1.82) is 0 Å². The van der Waals surface area contributed by atoms with Crippen LogP contribution in [-0.2, 0) is 20.9 Å². The number of fused-ring (bicyclic) bond motifs is 3. The molecule has 0 aliphatic carbocycles. The van der Waals surface area contributed by atoms with Gasteiger partial charge in [0, 0.05) is 57.5 Å². The minimum Gasteiger partial charge on any atom is -0.389 e. The number of aliphatic hydroxyl groups is 1. The number of carbonyl (C=O) groups excluding carboxylic acids is 3. The van der Waals surface area contributed by atoms with Crippen molar-refractivity contribution in [3.05, 3.63) is 85.1 Å². The number of pyridine rings is 4. The average molecular weight is 955 g/mol. The van der Waals surface area contributed by atoms with Crippen LogP contribution in [0.1, 0.15) is 52.1 Å². The highest BCUT2D eigenvalue weighted by atomic mass is 16.3. The number of carbonyl (C=O) groups is 3. The van der Waals surface area contributed by atoms with E-state index < -0.39 is 23.7 Å². The summed E-state index contributed by atoms with van der Waals surface area (Å²) < 4.78 is 0. The number of nitrogens with zero attached hydrogens (tertiary/aromatic N) is 10. The number of rotatable bonds is 25. The molecule has 70 heavy (non-hydrogen) atoms. The van der Waals surface area contributed by atoms with Crippen LogP contribution in [-0.4, -0.2) is 129 Å². The second kappa shape index (κ2) is 23.7. The summed E-state index contributed by atoms with van der Waals surface area (Å²) in [6.07, 6.45) is 8.10. The zero-order valence-corrected chi connectivity index (χ0v) is 39.1. The van der Waals surface area contributed by atoms with Gasteiger partial charge in [-0.1, -0.05) is 19.4 Å². The van der Waals surface area contributed by atoms with E-state index in [0.717, 1.165) is 0 Å². The van der Waals surface area contributed by atoms with E-state index in [9.17, 15) is 19.5 Å². The zero-order valence-electron chi connectivity index (χ0n) is 39.1. The highest BCUT2D eigenvalue weighted by Crippen LogP contribution is 2.24. The largest absolute Gasteiger partial charge is 0.389 e. The fourth-order valence-electron chi connectivity index (χ4n) is 7.18. The highest BCUT2D eigenvalue weighted by Gasteiger charge is 2.25. The second-order valence-electron chi connectivity index (χ2n) is 16.8. The van der Waals surface area contributed by atoms with Crippen molar-refractivity contribution in [3.8, 4) is 0 Å². The first-order valence-electron chi connectivity index (χ1n) is 22.9. The lowest BCUT2D eigenvalue weighted by molar-refractivity contribution is -0.123. The molecule has 0 saturated carbocycles. The number of hydrogen-bond acceptors (Lipinski definition) is 21. The Bertz CT molecular complexity index is 2890. The molecular formula is C46H58N20O4. The monoisotopic (exact) mass is 954 g/mol. The van der Waals surface area contributed by atoms with Crippen molar-refractivity contribution in [2.45, 2.75) is 76.7 Å². The number of anilines is 6. The molecule has 3 amide bonds. The van der Waals surface area contributed by atoms with E-state index >= 15 is 0 Å². The Labute approximate surface area is 403 Å². The van der Waals surface area contributed by atoms with Gasteiger partial charge in [0.25, 0.3) is 0 Å². The van der Waals surface area contributed by atoms with Crippen LogP contribution in [0.4, 0.5) is 35.3 Å². The molecule has 0 saturated heterocycles. The van der Waals surface area contributed by atoms with Crippen molar-refractivity contribution in [3.63, 3.8) is 0 Å². The second-order valence-corrected chi connectivity index (χ2v) is 16.8. The van der Waals surface area contributed by atoms with Crippen LogP contribution in [0, 0.1) is 0 Å². The zero-order chi connectivity index (χ0) is 49.5. The summed E-state index contributed by atoms with van der Waals surface area (Å²) in [4.78, 5) is 86.1. The number of amides is 3.